The Morgan fingerprint density at radius 2 is 2.14 bits per heavy atom. The molecule has 3 nitrogen and oxygen atoms in total. The number of nitrogens with one attached hydrogen (secondary N) is 1. The molecule has 4 heteroatoms. The summed E-state index contributed by atoms with van der Waals surface area (Å²) in [4.78, 5) is 0. The third-order valence-corrected chi connectivity index (χ3v) is 3.17. The summed E-state index contributed by atoms with van der Waals surface area (Å²) in [5, 5.41) is 13.2. The number of hydrogen-bond donors (Lipinski definition) is 1. The van der Waals surface area contributed by atoms with E-state index in [9.17, 15) is 0 Å². The van der Waals surface area contributed by atoms with E-state index in [0.29, 0.717) is 11.6 Å². The first-order valence-electron chi connectivity index (χ1n) is 4.85. The zero-order chi connectivity index (χ0) is 10.6. The SMILES string of the molecule is CCC(CC)Nc1snc(C)c1C#N. The predicted octanol–water partition coefficient (Wildman–Crippen LogP) is 2.92. The number of hydrogen-bond acceptors (Lipinski definition) is 4. The van der Waals surface area contributed by atoms with Gasteiger partial charge in [0.15, 0.2) is 0 Å². The summed E-state index contributed by atoms with van der Waals surface area (Å²) in [6.07, 6.45) is 2.14. The Balaban J connectivity index is 2.81. The van der Waals surface area contributed by atoms with Gasteiger partial charge in [-0.25, -0.2) is 0 Å². The molecular formula is C10H15N3S. The molecular weight excluding hydrogens is 194 g/mol. The lowest BCUT2D eigenvalue weighted by molar-refractivity contribution is 0.673. The van der Waals surface area contributed by atoms with E-state index >= 15 is 0 Å². The van der Waals surface area contributed by atoms with Crippen molar-refractivity contribution in [3.8, 4) is 6.07 Å². The zero-order valence-corrected chi connectivity index (χ0v) is 9.61. The minimum Gasteiger partial charge on any atom is -0.372 e. The van der Waals surface area contributed by atoms with Crippen LogP contribution in [0.15, 0.2) is 0 Å². The summed E-state index contributed by atoms with van der Waals surface area (Å²) < 4.78 is 4.17. The Bertz CT molecular complexity index is 334. The highest BCUT2D eigenvalue weighted by Gasteiger charge is 2.12. The van der Waals surface area contributed by atoms with Gasteiger partial charge in [0.25, 0.3) is 0 Å². The largest absolute Gasteiger partial charge is 0.372 e. The first-order valence-corrected chi connectivity index (χ1v) is 5.63. The van der Waals surface area contributed by atoms with Crippen LogP contribution in [-0.4, -0.2) is 10.4 Å². The van der Waals surface area contributed by atoms with E-state index < -0.39 is 0 Å². The maximum atomic E-state index is 8.92. The average molecular weight is 209 g/mol. The highest BCUT2D eigenvalue weighted by molar-refractivity contribution is 7.10. The van der Waals surface area contributed by atoms with E-state index in [2.05, 4.69) is 29.6 Å². The van der Waals surface area contributed by atoms with Gasteiger partial charge in [-0.3, -0.25) is 0 Å². The molecule has 1 aromatic heterocycles. The Hall–Kier alpha value is -1.08. The van der Waals surface area contributed by atoms with Crippen molar-refractivity contribution in [2.24, 2.45) is 0 Å². The summed E-state index contributed by atoms with van der Waals surface area (Å²) in [6, 6.07) is 2.63. The van der Waals surface area contributed by atoms with E-state index in [4.69, 9.17) is 5.26 Å². The minimum absolute atomic E-state index is 0.446. The fourth-order valence-corrected chi connectivity index (χ4v) is 2.10. The fraction of sp³-hybridized carbons (Fsp3) is 0.600. The van der Waals surface area contributed by atoms with Crippen molar-refractivity contribution in [2.45, 2.75) is 39.7 Å². The van der Waals surface area contributed by atoms with E-state index in [1.165, 1.54) is 11.5 Å². The van der Waals surface area contributed by atoms with Gasteiger partial charge in [0, 0.05) is 6.04 Å². The van der Waals surface area contributed by atoms with Crippen molar-refractivity contribution in [3.63, 3.8) is 0 Å². The maximum absolute atomic E-state index is 8.92. The lowest BCUT2D eigenvalue weighted by atomic mass is 10.1. The van der Waals surface area contributed by atoms with Crippen LogP contribution in [0.2, 0.25) is 0 Å². The number of nitriles is 1. The van der Waals surface area contributed by atoms with Crippen LogP contribution in [0, 0.1) is 18.3 Å². The molecule has 0 aliphatic carbocycles. The van der Waals surface area contributed by atoms with Crippen LogP contribution in [0.4, 0.5) is 5.00 Å². The minimum atomic E-state index is 0.446. The van der Waals surface area contributed by atoms with E-state index in [1.54, 1.807) is 0 Å². The van der Waals surface area contributed by atoms with Crippen LogP contribution in [0.3, 0.4) is 0 Å². The molecule has 0 bridgehead atoms. The van der Waals surface area contributed by atoms with Gasteiger partial charge in [-0.1, -0.05) is 13.8 Å². The number of rotatable bonds is 4. The molecule has 0 saturated carbocycles. The molecule has 1 aromatic rings. The lowest BCUT2D eigenvalue weighted by Crippen LogP contribution is -2.16. The molecule has 0 saturated heterocycles. The van der Waals surface area contributed by atoms with Crippen LogP contribution >= 0.6 is 11.5 Å². The van der Waals surface area contributed by atoms with Crippen LogP contribution in [0.25, 0.3) is 0 Å². The predicted molar refractivity (Wildman–Crippen MR) is 59.6 cm³/mol. The molecule has 0 aliphatic heterocycles. The van der Waals surface area contributed by atoms with E-state index in [-0.39, 0.29) is 0 Å². The van der Waals surface area contributed by atoms with Gasteiger partial charge in [-0.05, 0) is 31.3 Å². The first kappa shape index (κ1) is 11.0. The van der Waals surface area contributed by atoms with Crippen molar-refractivity contribution in [1.82, 2.24) is 4.37 Å². The average Bonchev–Trinajstić information content (AvgIpc) is 2.55. The Morgan fingerprint density at radius 3 is 2.64 bits per heavy atom. The van der Waals surface area contributed by atoms with Gasteiger partial charge < -0.3 is 5.32 Å². The summed E-state index contributed by atoms with van der Waals surface area (Å²) >= 11 is 1.38. The van der Waals surface area contributed by atoms with Crippen LogP contribution in [-0.2, 0) is 0 Å². The molecule has 0 aliphatic rings. The summed E-state index contributed by atoms with van der Waals surface area (Å²) in [5.74, 6) is 0. The first-order chi connectivity index (χ1) is 6.72. The fourth-order valence-electron chi connectivity index (χ4n) is 1.28. The topological polar surface area (TPSA) is 48.7 Å². The summed E-state index contributed by atoms with van der Waals surface area (Å²) in [5.41, 5.74) is 1.52. The van der Waals surface area contributed by atoms with Crippen molar-refractivity contribution in [3.05, 3.63) is 11.3 Å². The molecule has 14 heavy (non-hydrogen) atoms. The van der Waals surface area contributed by atoms with Crippen LogP contribution in [0.1, 0.15) is 37.9 Å². The molecule has 1 heterocycles. The number of aromatic nitrogens is 1. The second kappa shape index (κ2) is 4.97. The van der Waals surface area contributed by atoms with E-state index in [1.807, 2.05) is 6.92 Å². The summed E-state index contributed by atoms with van der Waals surface area (Å²) in [6.45, 7) is 6.15. The maximum Gasteiger partial charge on any atom is 0.127 e. The van der Waals surface area contributed by atoms with Gasteiger partial charge >= 0.3 is 0 Å². The van der Waals surface area contributed by atoms with Crippen molar-refractivity contribution in [1.29, 1.82) is 5.26 Å². The smallest absolute Gasteiger partial charge is 0.127 e. The Kier molecular flexibility index (Phi) is 3.90. The molecule has 0 aromatic carbocycles. The third-order valence-electron chi connectivity index (χ3n) is 2.30. The highest BCUT2D eigenvalue weighted by Crippen LogP contribution is 2.24. The van der Waals surface area contributed by atoms with Crippen molar-refractivity contribution in [2.75, 3.05) is 5.32 Å². The molecule has 0 fully saturated rings. The summed E-state index contributed by atoms with van der Waals surface area (Å²) in [7, 11) is 0. The molecule has 0 unspecified atom stereocenters. The molecule has 0 amide bonds. The Labute approximate surface area is 88.9 Å². The molecule has 1 N–H and O–H groups in total. The molecule has 76 valence electrons. The number of anilines is 1. The Morgan fingerprint density at radius 1 is 1.50 bits per heavy atom. The quantitative estimate of drug-likeness (QED) is 0.829. The number of nitrogens with zero attached hydrogens (tertiary/aromatic N) is 2. The number of aryl methyl sites for hydroxylation is 1. The van der Waals surface area contributed by atoms with Gasteiger partial charge in [0.2, 0.25) is 0 Å². The molecule has 1 rings (SSSR count). The van der Waals surface area contributed by atoms with Gasteiger partial charge in [0.05, 0.1) is 5.69 Å². The molecule has 0 spiro atoms. The van der Waals surface area contributed by atoms with Crippen molar-refractivity contribution >= 4 is 16.5 Å². The zero-order valence-electron chi connectivity index (χ0n) is 8.79. The van der Waals surface area contributed by atoms with Crippen LogP contribution in [0.5, 0.6) is 0 Å². The van der Waals surface area contributed by atoms with Gasteiger partial charge in [0.1, 0.15) is 16.6 Å². The van der Waals surface area contributed by atoms with Crippen LogP contribution < -0.4 is 5.32 Å². The molecule has 0 atom stereocenters. The van der Waals surface area contributed by atoms with E-state index in [0.717, 1.165) is 23.5 Å². The monoisotopic (exact) mass is 209 g/mol. The van der Waals surface area contributed by atoms with Gasteiger partial charge in [-0.15, -0.1) is 0 Å². The van der Waals surface area contributed by atoms with Crippen molar-refractivity contribution < 1.29 is 0 Å². The molecule has 0 radical (unpaired) electrons. The second-order valence-electron chi connectivity index (χ2n) is 3.24. The van der Waals surface area contributed by atoms with Gasteiger partial charge in [-0.2, -0.15) is 9.64 Å². The lowest BCUT2D eigenvalue weighted by Gasteiger charge is -2.14. The standard InChI is InChI=1S/C10H15N3S/c1-4-8(5-2)12-10-9(6-11)7(3)13-14-10/h8,12H,4-5H2,1-3H3. The second-order valence-corrected chi connectivity index (χ2v) is 4.02. The highest BCUT2D eigenvalue weighted by atomic mass is 32.1. The third kappa shape index (κ3) is 2.24. The normalized spacial score (nSPS) is 10.2.